The number of hydrogen-bond acceptors (Lipinski definition) is 10. The van der Waals surface area contributed by atoms with Crippen molar-refractivity contribution in [3.05, 3.63) is 0 Å². The molecule has 0 saturated carbocycles. The van der Waals surface area contributed by atoms with E-state index in [1.54, 1.807) is 37.5 Å². The fourth-order valence-electron chi connectivity index (χ4n) is 1.52. The van der Waals surface area contributed by atoms with Crippen LogP contribution in [0, 0.1) is 0 Å². The molecule has 0 aliphatic carbocycles. The minimum absolute atomic E-state index is 0. The van der Waals surface area contributed by atoms with Gasteiger partial charge in [0.25, 0.3) is 0 Å². The molecule has 0 aromatic rings. The van der Waals surface area contributed by atoms with E-state index in [4.69, 9.17) is 40.9 Å². The summed E-state index contributed by atoms with van der Waals surface area (Å²) in [5.74, 6) is 0. The van der Waals surface area contributed by atoms with Crippen molar-refractivity contribution < 1.29 is 62.6 Å². The molecule has 0 bridgehead atoms. The summed E-state index contributed by atoms with van der Waals surface area (Å²) in [6.45, 7) is 10.4. The molecule has 29 heavy (non-hydrogen) atoms. The van der Waals surface area contributed by atoms with Crippen molar-refractivity contribution in [1.82, 2.24) is 9.80 Å². The van der Waals surface area contributed by atoms with Crippen molar-refractivity contribution in [3.8, 4) is 0 Å². The zero-order chi connectivity index (χ0) is 22.8. The Morgan fingerprint density at radius 1 is 0.448 bits per heavy atom. The van der Waals surface area contributed by atoms with Crippen LogP contribution in [-0.4, -0.2) is 142 Å². The molecule has 0 aromatic heterocycles. The van der Waals surface area contributed by atoms with Crippen LogP contribution in [-0.2, 0) is 21.7 Å². The van der Waals surface area contributed by atoms with E-state index >= 15 is 0 Å². The van der Waals surface area contributed by atoms with Crippen LogP contribution in [0.25, 0.3) is 0 Å². The van der Waals surface area contributed by atoms with Gasteiger partial charge >= 0.3 is 21.7 Å². The fourth-order valence-corrected chi connectivity index (χ4v) is 1.52. The van der Waals surface area contributed by atoms with Gasteiger partial charge in [0.15, 0.2) is 0 Å². The summed E-state index contributed by atoms with van der Waals surface area (Å²) in [6.07, 6.45) is -0.333. The largest absolute Gasteiger partial charge is 4.00 e. The summed E-state index contributed by atoms with van der Waals surface area (Å²) in [6, 6.07) is 0. The van der Waals surface area contributed by atoms with Crippen molar-refractivity contribution in [2.45, 2.75) is 39.9 Å². The van der Waals surface area contributed by atoms with Gasteiger partial charge in [-0.15, -0.1) is 0 Å². The van der Waals surface area contributed by atoms with Crippen LogP contribution in [0.2, 0.25) is 0 Å². The Balaban J connectivity index is -0.0000000950. The van der Waals surface area contributed by atoms with E-state index in [0.717, 1.165) is 0 Å². The van der Waals surface area contributed by atoms with Crippen molar-refractivity contribution in [2.24, 2.45) is 0 Å². The molecular formula is C18H46N2O8Ti+4. The molecule has 0 atom stereocenters. The summed E-state index contributed by atoms with van der Waals surface area (Å²) in [5, 5.41) is 67.0. The standard InChI is InChI=1S/2C6H15NO3.2C3H8O.Ti/c2*8-4-1-7(2-5-9)3-6-10;2*1-3(2)4;/h2*8-10H,1-6H2;2*3-4H,1-2H3;/q;;;;+4. The quantitative estimate of drug-likeness (QED) is 0.142. The third kappa shape index (κ3) is 58.5. The Hall–Kier alpha value is 0.314. The number of aliphatic hydroxyl groups excluding tert-OH is 8. The summed E-state index contributed by atoms with van der Waals surface area (Å²) < 4.78 is 0. The van der Waals surface area contributed by atoms with Gasteiger partial charge in [0.2, 0.25) is 0 Å². The molecule has 0 spiro atoms. The Bertz CT molecular complexity index is 198. The molecule has 0 amide bonds. The van der Waals surface area contributed by atoms with E-state index in [9.17, 15) is 0 Å². The van der Waals surface area contributed by atoms with E-state index < -0.39 is 0 Å². The summed E-state index contributed by atoms with van der Waals surface area (Å²) >= 11 is 0. The number of aliphatic hydroxyl groups is 8. The first-order chi connectivity index (χ1) is 13.2. The zero-order valence-corrected chi connectivity index (χ0v) is 20.2. The molecule has 0 rings (SSSR count). The number of rotatable bonds is 12. The monoisotopic (exact) mass is 466 g/mol. The molecule has 0 saturated heterocycles. The fraction of sp³-hybridized carbons (Fsp3) is 1.00. The van der Waals surface area contributed by atoms with Crippen LogP contribution in [0.1, 0.15) is 27.7 Å². The van der Waals surface area contributed by atoms with E-state index in [2.05, 4.69) is 0 Å². The average molecular weight is 466 g/mol. The van der Waals surface area contributed by atoms with Crippen LogP contribution >= 0.6 is 0 Å². The van der Waals surface area contributed by atoms with Gasteiger partial charge in [-0.05, 0) is 27.7 Å². The predicted molar refractivity (Wildman–Crippen MR) is 110 cm³/mol. The first-order valence-corrected chi connectivity index (χ1v) is 9.62. The smallest absolute Gasteiger partial charge is 0.395 e. The minimum atomic E-state index is -0.167. The van der Waals surface area contributed by atoms with E-state index in [0.29, 0.717) is 39.3 Å². The topological polar surface area (TPSA) is 168 Å². The minimum Gasteiger partial charge on any atom is -0.395 e. The second-order valence-corrected chi connectivity index (χ2v) is 6.21. The van der Waals surface area contributed by atoms with E-state index in [1.807, 2.05) is 0 Å². The molecule has 0 heterocycles. The molecule has 0 unspecified atom stereocenters. The Morgan fingerprint density at radius 3 is 0.621 bits per heavy atom. The van der Waals surface area contributed by atoms with Gasteiger partial charge in [-0.1, -0.05) is 0 Å². The average Bonchev–Trinajstić information content (AvgIpc) is 2.56. The number of hydrogen-bond donors (Lipinski definition) is 8. The molecule has 8 N–H and O–H groups in total. The Labute approximate surface area is 191 Å². The molecule has 0 aliphatic heterocycles. The molecule has 0 aliphatic rings. The third-order valence-corrected chi connectivity index (χ3v) is 2.50. The summed E-state index contributed by atoms with van der Waals surface area (Å²) in [7, 11) is 0. The first-order valence-electron chi connectivity index (χ1n) is 9.62. The van der Waals surface area contributed by atoms with Crippen molar-refractivity contribution in [2.75, 3.05) is 78.9 Å². The summed E-state index contributed by atoms with van der Waals surface area (Å²) in [4.78, 5) is 3.58. The van der Waals surface area contributed by atoms with Crippen molar-refractivity contribution in [1.29, 1.82) is 0 Å². The maximum Gasteiger partial charge on any atom is 4.00 e. The van der Waals surface area contributed by atoms with Crippen LogP contribution in [0.4, 0.5) is 0 Å². The van der Waals surface area contributed by atoms with Crippen molar-refractivity contribution >= 4 is 0 Å². The second-order valence-electron chi connectivity index (χ2n) is 6.21. The maximum atomic E-state index is 8.48. The summed E-state index contributed by atoms with van der Waals surface area (Å²) in [5.41, 5.74) is 0. The first kappa shape index (κ1) is 39.8. The molecule has 10 nitrogen and oxygen atoms in total. The van der Waals surface area contributed by atoms with Crippen LogP contribution < -0.4 is 0 Å². The maximum absolute atomic E-state index is 8.48. The van der Waals surface area contributed by atoms with Gasteiger partial charge in [-0.2, -0.15) is 0 Å². The zero-order valence-electron chi connectivity index (χ0n) is 18.6. The molecule has 0 aromatic carbocycles. The third-order valence-electron chi connectivity index (χ3n) is 2.50. The van der Waals surface area contributed by atoms with Crippen molar-refractivity contribution in [3.63, 3.8) is 0 Å². The molecule has 0 fully saturated rings. The van der Waals surface area contributed by atoms with E-state index in [-0.39, 0.29) is 73.6 Å². The molecule has 11 heteroatoms. The molecule has 0 radical (unpaired) electrons. The molecule has 176 valence electrons. The Kier molecular flexibility index (Phi) is 49.0. The van der Waals surface area contributed by atoms with Gasteiger partial charge in [-0.3, -0.25) is 9.80 Å². The van der Waals surface area contributed by atoms with Gasteiger partial charge < -0.3 is 40.9 Å². The predicted octanol–water partition coefficient (Wildman–Crippen LogP) is -2.70. The normalized spacial score (nSPS) is 9.93. The van der Waals surface area contributed by atoms with Gasteiger partial charge in [0.1, 0.15) is 0 Å². The van der Waals surface area contributed by atoms with E-state index in [1.165, 1.54) is 0 Å². The van der Waals surface area contributed by atoms with Crippen LogP contribution in [0.5, 0.6) is 0 Å². The van der Waals surface area contributed by atoms with Gasteiger partial charge in [0.05, 0.1) is 39.6 Å². The van der Waals surface area contributed by atoms with Crippen LogP contribution in [0.15, 0.2) is 0 Å². The Morgan fingerprint density at radius 2 is 0.552 bits per heavy atom. The van der Waals surface area contributed by atoms with Gasteiger partial charge in [0, 0.05) is 51.5 Å². The second kappa shape index (κ2) is 35.7. The van der Waals surface area contributed by atoms with Crippen LogP contribution in [0.3, 0.4) is 0 Å². The van der Waals surface area contributed by atoms with Gasteiger partial charge in [-0.25, -0.2) is 0 Å². The molecular weight excluding hydrogens is 420 g/mol. The number of nitrogens with zero attached hydrogens (tertiary/aromatic N) is 2. The SMILES string of the molecule is CC(C)O.CC(C)O.OCCN(CCO)CCO.OCCN(CCO)CCO.[Ti+4].